The molecule has 0 spiro atoms. The number of ether oxygens (including phenoxy) is 1. The molecule has 0 unspecified atom stereocenters. The molecule has 0 atom stereocenters. The summed E-state index contributed by atoms with van der Waals surface area (Å²) in [6.45, 7) is 2.10. The van der Waals surface area contributed by atoms with Gasteiger partial charge in [-0.15, -0.1) is 0 Å². The van der Waals surface area contributed by atoms with Gasteiger partial charge in [0, 0.05) is 7.11 Å². The fourth-order valence-electron chi connectivity index (χ4n) is 0.525. The summed E-state index contributed by atoms with van der Waals surface area (Å²) in [5.74, 6) is 0. The monoisotopic (exact) mass is 175 g/mol. The lowest BCUT2D eigenvalue weighted by Gasteiger charge is -2.22. The third-order valence-electron chi connectivity index (χ3n) is 1.24. The van der Waals surface area contributed by atoms with E-state index in [2.05, 4.69) is 26.3 Å². The zero-order valence-corrected chi connectivity index (χ0v) is 8.41. The van der Waals surface area contributed by atoms with E-state index in [0.29, 0.717) is 13.2 Å². The summed E-state index contributed by atoms with van der Waals surface area (Å²) in [4.78, 5) is 4.99. The van der Waals surface area contributed by atoms with Crippen LogP contribution in [0.3, 0.4) is 0 Å². The SMILES string of the molecule is COC/C=N/OCC[N+](C)(C)C. The van der Waals surface area contributed by atoms with Gasteiger partial charge < -0.3 is 14.1 Å². The number of hydrogen-bond donors (Lipinski definition) is 0. The molecule has 0 heterocycles. The molecule has 0 bridgehead atoms. The average Bonchev–Trinajstić information content (AvgIpc) is 1.94. The Kier molecular flexibility index (Phi) is 5.66. The second kappa shape index (κ2) is 5.97. The lowest BCUT2D eigenvalue weighted by Crippen LogP contribution is -2.37. The second-order valence-corrected chi connectivity index (χ2v) is 3.59. The molecule has 72 valence electrons. The predicted octanol–water partition coefficient (Wildman–Crippen LogP) is 0.341. The molecule has 4 heteroatoms. The number of rotatable bonds is 6. The van der Waals surface area contributed by atoms with Crippen LogP contribution in [-0.2, 0) is 9.57 Å². The zero-order chi connectivity index (χ0) is 9.45. The fraction of sp³-hybridized carbons (Fsp3) is 0.875. The maximum Gasteiger partial charge on any atom is 0.165 e. The Hall–Kier alpha value is -0.610. The first-order chi connectivity index (χ1) is 5.56. The van der Waals surface area contributed by atoms with Gasteiger partial charge in [-0.25, -0.2) is 0 Å². The van der Waals surface area contributed by atoms with Gasteiger partial charge in [-0.05, 0) is 0 Å². The maximum absolute atomic E-state index is 4.99. The van der Waals surface area contributed by atoms with Crippen molar-refractivity contribution < 1.29 is 14.1 Å². The van der Waals surface area contributed by atoms with E-state index in [1.54, 1.807) is 13.3 Å². The van der Waals surface area contributed by atoms with Crippen LogP contribution >= 0.6 is 0 Å². The molecule has 4 nitrogen and oxygen atoms in total. The Morgan fingerprint density at radius 1 is 1.33 bits per heavy atom. The minimum absolute atomic E-state index is 0.504. The fourth-order valence-corrected chi connectivity index (χ4v) is 0.525. The van der Waals surface area contributed by atoms with E-state index in [9.17, 15) is 0 Å². The van der Waals surface area contributed by atoms with Crippen LogP contribution in [-0.4, -0.2) is 58.7 Å². The highest BCUT2D eigenvalue weighted by Crippen LogP contribution is 1.88. The molecule has 0 saturated heterocycles. The Balaban J connectivity index is 3.21. The molecule has 0 aliphatic rings. The molecule has 0 amide bonds. The van der Waals surface area contributed by atoms with Crippen molar-refractivity contribution in [3.63, 3.8) is 0 Å². The standard InChI is InChI=1S/C8H19N2O2/c1-10(2,3)6-8-12-9-5-7-11-4/h5H,6-8H2,1-4H3/q+1/b9-5+. The first-order valence-corrected chi connectivity index (χ1v) is 3.99. The van der Waals surface area contributed by atoms with Crippen molar-refractivity contribution in [2.75, 3.05) is 48.0 Å². The van der Waals surface area contributed by atoms with Crippen LogP contribution in [0.4, 0.5) is 0 Å². The molecule has 0 rings (SSSR count). The van der Waals surface area contributed by atoms with Gasteiger partial charge in [0.15, 0.2) is 6.61 Å². The van der Waals surface area contributed by atoms with E-state index in [1.165, 1.54) is 0 Å². The van der Waals surface area contributed by atoms with Gasteiger partial charge in [0.05, 0.1) is 34.0 Å². The summed E-state index contributed by atoms with van der Waals surface area (Å²) in [7, 11) is 7.96. The lowest BCUT2D eigenvalue weighted by atomic mass is 10.5. The Morgan fingerprint density at radius 3 is 2.50 bits per heavy atom. The quantitative estimate of drug-likeness (QED) is 0.252. The van der Waals surface area contributed by atoms with Crippen LogP contribution in [0.5, 0.6) is 0 Å². The van der Waals surface area contributed by atoms with Crippen LogP contribution in [0.15, 0.2) is 5.16 Å². The number of quaternary nitrogens is 1. The van der Waals surface area contributed by atoms with Gasteiger partial charge in [0.2, 0.25) is 0 Å². The van der Waals surface area contributed by atoms with Crippen molar-refractivity contribution >= 4 is 6.21 Å². The number of methoxy groups -OCH3 is 1. The summed E-state index contributed by atoms with van der Waals surface area (Å²) < 4.78 is 5.64. The Morgan fingerprint density at radius 2 is 2.00 bits per heavy atom. The van der Waals surface area contributed by atoms with Crippen LogP contribution in [0.1, 0.15) is 0 Å². The van der Waals surface area contributed by atoms with Crippen molar-refractivity contribution in [3.8, 4) is 0 Å². The highest BCUT2D eigenvalue weighted by Gasteiger charge is 2.05. The molecule has 0 aromatic heterocycles. The van der Waals surface area contributed by atoms with Crippen LogP contribution in [0, 0.1) is 0 Å². The van der Waals surface area contributed by atoms with Crippen LogP contribution in [0.25, 0.3) is 0 Å². The number of nitrogens with zero attached hydrogens (tertiary/aromatic N) is 2. The largest absolute Gasteiger partial charge is 0.390 e. The van der Waals surface area contributed by atoms with E-state index >= 15 is 0 Å². The van der Waals surface area contributed by atoms with Gasteiger partial charge in [0.1, 0.15) is 6.54 Å². The van der Waals surface area contributed by atoms with E-state index in [4.69, 9.17) is 9.57 Å². The molecular weight excluding hydrogens is 156 g/mol. The van der Waals surface area contributed by atoms with Gasteiger partial charge in [-0.3, -0.25) is 0 Å². The third kappa shape index (κ3) is 9.39. The molecule has 0 aromatic rings. The van der Waals surface area contributed by atoms with Gasteiger partial charge in [-0.1, -0.05) is 5.16 Å². The topological polar surface area (TPSA) is 30.8 Å². The van der Waals surface area contributed by atoms with Crippen molar-refractivity contribution in [2.45, 2.75) is 0 Å². The smallest absolute Gasteiger partial charge is 0.165 e. The predicted molar refractivity (Wildman–Crippen MR) is 49.2 cm³/mol. The average molecular weight is 175 g/mol. The van der Waals surface area contributed by atoms with E-state index in [-0.39, 0.29) is 0 Å². The Labute approximate surface area is 74.3 Å². The molecule has 0 aliphatic carbocycles. The number of likely N-dealkylation sites (N-methyl/N-ethyl adjacent to an activating group) is 1. The molecule has 0 saturated carbocycles. The van der Waals surface area contributed by atoms with Gasteiger partial charge >= 0.3 is 0 Å². The van der Waals surface area contributed by atoms with Gasteiger partial charge in [0.25, 0.3) is 0 Å². The summed E-state index contributed by atoms with van der Waals surface area (Å²) in [6.07, 6.45) is 1.61. The second-order valence-electron chi connectivity index (χ2n) is 3.59. The van der Waals surface area contributed by atoms with Crippen LogP contribution < -0.4 is 0 Å². The maximum atomic E-state index is 4.99. The van der Waals surface area contributed by atoms with Crippen molar-refractivity contribution in [1.29, 1.82) is 0 Å². The normalized spacial score (nSPS) is 12.3. The molecular formula is C8H19N2O2+. The Bertz CT molecular complexity index is 130. The third-order valence-corrected chi connectivity index (χ3v) is 1.24. The summed E-state index contributed by atoms with van der Waals surface area (Å²) in [5, 5.41) is 3.70. The summed E-state index contributed by atoms with van der Waals surface area (Å²) in [6, 6.07) is 0. The van der Waals surface area contributed by atoms with Crippen molar-refractivity contribution in [3.05, 3.63) is 0 Å². The van der Waals surface area contributed by atoms with Crippen molar-refractivity contribution in [2.24, 2.45) is 5.16 Å². The van der Waals surface area contributed by atoms with Gasteiger partial charge in [-0.2, -0.15) is 0 Å². The minimum atomic E-state index is 0.504. The highest BCUT2D eigenvalue weighted by atomic mass is 16.6. The highest BCUT2D eigenvalue weighted by molar-refractivity contribution is 5.57. The molecule has 0 N–H and O–H groups in total. The minimum Gasteiger partial charge on any atom is -0.390 e. The molecule has 0 aromatic carbocycles. The molecule has 12 heavy (non-hydrogen) atoms. The molecule has 0 aliphatic heterocycles. The first kappa shape index (κ1) is 11.4. The first-order valence-electron chi connectivity index (χ1n) is 3.99. The summed E-state index contributed by atoms with van der Waals surface area (Å²) >= 11 is 0. The van der Waals surface area contributed by atoms with Crippen molar-refractivity contribution in [1.82, 2.24) is 0 Å². The van der Waals surface area contributed by atoms with E-state index < -0.39 is 0 Å². The van der Waals surface area contributed by atoms with Crippen LogP contribution in [0.2, 0.25) is 0 Å². The summed E-state index contributed by atoms with van der Waals surface area (Å²) in [5.41, 5.74) is 0. The molecule has 0 fully saturated rings. The molecule has 0 radical (unpaired) electrons. The zero-order valence-electron chi connectivity index (χ0n) is 8.41. The lowest BCUT2D eigenvalue weighted by molar-refractivity contribution is -0.870. The van der Waals surface area contributed by atoms with E-state index in [1.807, 2.05) is 0 Å². The van der Waals surface area contributed by atoms with E-state index in [0.717, 1.165) is 11.0 Å². The number of oxime groups is 1. The number of hydrogen-bond acceptors (Lipinski definition) is 3.